The molecule has 6 rings (SSSR count). The van der Waals surface area contributed by atoms with E-state index >= 15 is 0 Å². The van der Waals surface area contributed by atoms with Crippen LogP contribution in [0.15, 0.2) is 118 Å². The number of carbonyl (C=O) groups is 7. The molecule has 3 aliphatic rings. The number of fused-ring (bicyclic) bond motifs is 2. The van der Waals surface area contributed by atoms with Crippen LogP contribution in [0.5, 0.6) is 0 Å². The Morgan fingerprint density at radius 3 is 2.00 bits per heavy atom. The van der Waals surface area contributed by atoms with Gasteiger partial charge in [-0.1, -0.05) is 68.8 Å². The highest BCUT2D eigenvalue weighted by Crippen LogP contribution is 2.49. The van der Waals surface area contributed by atoms with E-state index in [4.69, 9.17) is 11.5 Å². The summed E-state index contributed by atoms with van der Waals surface area (Å²) >= 11 is 0. The zero-order valence-corrected chi connectivity index (χ0v) is 50.4. The first-order valence-electron chi connectivity index (χ1n) is 28.2. The Morgan fingerprint density at radius 2 is 1.34 bits per heavy atom. The van der Waals surface area contributed by atoms with Crippen LogP contribution in [0.4, 0.5) is 11.4 Å². The zero-order chi connectivity index (χ0) is 63.1. The lowest BCUT2D eigenvalue weighted by Crippen LogP contribution is -2.58. The largest absolute Gasteiger partial charge is 0.481 e. The molecule has 3 aliphatic heterocycles. The number of nitrogens with one attached hydrogen (secondary N) is 6. The van der Waals surface area contributed by atoms with Gasteiger partial charge >= 0.3 is 5.97 Å². The van der Waals surface area contributed by atoms with Gasteiger partial charge < -0.3 is 53.4 Å². The number of amides is 6. The SMILES string of the molecule is C[N+]1=C(/C=C/C=C/C=C2/N(CCCCCC(=O)NCCCC[C@H]3NC(=O)[C@@H](CCCN=C(N)N)NC(=O)CNC(=O)[C@@H](CC(=O)O)NC(=O)[C@H](Cc4ccccc4)NC3=O)c3ccc(S(=O)(=O)O)cc3C2(C)C)C(C)(C)c2cc(S(=O)(=O)O)ccc21. The summed E-state index contributed by atoms with van der Waals surface area (Å²) in [5.41, 5.74) is 15.0. The van der Waals surface area contributed by atoms with E-state index in [0.717, 1.165) is 28.3 Å². The summed E-state index contributed by atoms with van der Waals surface area (Å²) in [7, 11) is -7.04. The molecule has 0 spiro atoms. The Hall–Kier alpha value is -8.27. The molecule has 0 unspecified atom stereocenters. The third-order valence-electron chi connectivity index (χ3n) is 15.3. The molecule has 3 aromatic rings. The summed E-state index contributed by atoms with van der Waals surface area (Å²) in [6, 6.07) is 12.1. The number of carbonyl (C=O) groups excluding carboxylic acids is 6. The number of hydrogen-bond acceptors (Lipinski definition) is 13. The predicted molar refractivity (Wildman–Crippen MR) is 321 cm³/mol. The van der Waals surface area contributed by atoms with E-state index in [1.165, 1.54) is 24.3 Å². The van der Waals surface area contributed by atoms with Gasteiger partial charge in [-0.15, -0.1) is 0 Å². The van der Waals surface area contributed by atoms with Gasteiger partial charge in [-0.05, 0) is 106 Å². The number of anilines is 1. The second kappa shape index (κ2) is 29.2. The topological polar surface area (TPSA) is 391 Å². The normalized spacial score (nSPS) is 20.5. The molecule has 25 nitrogen and oxygen atoms in total. The maximum absolute atomic E-state index is 14.2. The van der Waals surface area contributed by atoms with Crippen LogP contribution in [0, 0.1) is 0 Å². The molecule has 3 aromatic carbocycles. The van der Waals surface area contributed by atoms with Gasteiger partial charge in [0.15, 0.2) is 11.7 Å². The van der Waals surface area contributed by atoms with E-state index in [1.54, 1.807) is 42.5 Å². The molecule has 1 fully saturated rings. The molecule has 0 bridgehead atoms. The number of benzene rings is 3. The van der Waals surface area contributed by atoms with Crippen molar-refractivity contribution in [3.63, 3.8) is 0 Å². The van der Waals surface area contributed by atoms with Gasteiger partial charge in [-0.2, -0.15) is 21.4 Å². The van der Waals surface area contributed by atoms with Crippen molar-refractivity contribution < 1.29 is 69.2 Å². The Labute approximate surface area is 500 Å². The fourth-order valence-electron chi connectivity index (χ4n) is 10.7. The van der Waals surface area contributed by atoms with Crippen molar-refractivity contribution in [1.82, 2.24) is 31.9 Å². The molecule has 6 amide bonds. The third-order valence-corrected chi connectivity index (χ3v) is 17.0. The van der Waals surface area contributed by atoms with Crippen molar-refractivity contribution in [3.8, 4) is 0 Å². The van der Waals surface area contributed by atoms with E-state index in [9.17, 15) is 64.6 Å². The van der Waals surface area contributed by atoms with Crippen LogP contribution in [-0.4, -0.2) is 146 Å². The minimum Gasteiger partial charge on any atom is -0.481 e. The number of aliphatic imine (C=N–C) groups is 1. The summed E-state index contributed by atoms with van der Waals surface area (Å²) in [4.78, 5) is 98.9. The second-order valence-corrected chi connectivity index (χ2v) is 25.2. The molecule has 13 N–H and O–H groups in total. The van der Waals surface area contributed by atoms with Crippen molar-refractivity contribution in [2.24, 2.45) is 16.5 Å². The summed E-state index contributed by atoms with van der Waals surface area (Å²) in [6.45, 7) is 8.00. The van der Waals surface area contributed by atoms with Crippen LogP contribution < -0.4 is 48.3 Å². The smallest absolute Gasteiger partial charge is 0.305 e. The molecule has 464 valence electrons. The number of carboxylic acid groups (broad SMARTS) is 1. The highest BCUT2D eigenvalue weighted by molar-refractivity contribution is 7.86. The minimum absolute atomic E-state index is 0.00513. The maximum Gasteiger partial charge on any atom is 0.305 e. The molecule has 0 aromatic heterocycles. The van der Waals surface area contributed by atoms with E-state index in [0.29, 0.717) is 49.8 Å². The quantitative estimate of drug-likeness (QED) is 0.0153. The van der Waals surface area contributed by atoms with Gasteiger partial charge in [-0.3, -0.25) is 47.7 Å². The highest BCUT2D eigenvalue weighted by atomic mass is 32.2. The van der Waals surface area contributed by atoms with E-state index in [1.807, 2.05) is 69.7 Å². The molecule has 0 aliphatic carbocycles. The first kappa shape index (κ1) is 66.9. The number of aliphatic carboxylic acids is 1. The van der Waals surface area contributed by atoms with Crippen LogP contribution in [-0.2, 0) is 71.0 Å². The van der Waals surface area contributed by atoms with Crippen LogP contribution >= 0.6 is 0 Å². The van der Waals surface area contributed by atoms with Crippen molar-refractivity contribution in [2.75, 3.05) is 38.1 Å². The Kier molecular flexibility index (Phi) is 22.7. The van der Waals surface area contributed by atoms with Gasteiger partial charge in [0, 0.05) is 67.0 Å². The van der Waals surface area contributed by atoms with Gasteiger partial charge in [0.2, 0.25) is 41.1 Å². The number of rotatable bonds is 24. The maximum atomic E-state index is 14.2. The van der Waals surface area contributed by atoms with Gasteiger partial charge in [0.25, 0.3) is 20.2 Å². The second-order valence-electron chi connectivity index (χ2n) is 22.4. The van der Waals surface area contributed by atoms with Gasteiger partial charge in [0.05, 0.1) is 28.2 Å². The van der Waals surface area contributed by atoms with Crippen LogP contribution in [0.3, 0.4) is 0 Å². The molecule has 0 saturated carbocycles. The summed E-state index contributed by atoms with van der Waals surface area (Å²) in [5.74, 6) is -6.05. The van der Waals surface area contributed by atoms with E-state index in [2.05, 4.69) is 41.8 Å². The number of hydrogen-bond donors (Lipinski definition) is 11. The molecule has 0 radical (unpaired) electrons. The Balaban J connectivity index is 1.08. The number of carboxylic acids is 1. The standard InChI is InChI=1S/C59H77N11O14S2/c1-58(2)40-33-38(85(79,80)81)25-27-46(40)69(5)48(58)22-11-7-12-23-49-59(3,4)41-34-39(86(82,83)84)26-28-47(41)70(49)31-16-8-13-24-50(71)62-29-15-14-20-43-55(77)67-44(32-37-18-9-6-10-19-37)56(78)68-45(35-52(73)74)53(75)64-36-51(72)65-42(54(76)66-43)21-17-30-63-57(60)61/h6-7,9-12,18-19,22-23,25-28,33-34,42-45H,8,13-17,20-21,24,29-32,35-36H2,1-5H3,(H12-,60,61,62,63,64,65,66,67,68,71,72,73,74,75,76,77,78,79,80,81,82,83,84)/p+1/t42-,43-,44+,45-/m1/s1. The monoisotopic (exact) mass is 1230 g/mol. The number of allylic oxidation sites excluding steroid dienone is 6. The number of unbranched alkanes of at least 4 members (excludes halogenated alkanes) is 3. The van der Waals surface area contributed by atoms with Crippen molar-refractivity contribution >= 4 is 84.7 Å². The first-order chi connectivity index (χ1) is 40.5. The summed E-state index contributed by atoms with van der Waals surface area (Å²) in [5, 5.41) is 25.2. The molecular formula is C59H78N11O14S2+. The van der Waals surface area contributed by atoms with Crippen LogP contribution in [0.2, 0.25) is 0 Å². The minimum atomic E-state index is -4.51. The average Bonchev–Trinajstić information content (AvgIpc) is 1.65. The fourth-order valence-corrected chi connectivity index (χ4v) is 11.8. The van der Waals surface area contributed by atoms with Crippen LogP contribution in [0.1, 0.15) is 109 Å². The number of nitrogens with two attached hydrogens (primary N) is 2. The molecule has 3 heterocycles. The van der Waals surface area contributed by atoms with Gasteiger partial charge in [0.1, 0.15) is 31.2 Å². The highest BCUT2D eigenvalue weighted by Gasteiger charge is 2.44. The fraction of sp³-hybridized carbons (Fsp3) is 0.441. The van der Waals surface area contributed by atoms with Gasteiger partial charge in [-0.25, -0.2) is 0 Å². The Morgan fingerprint density at radius 1 is 0.721 bits per heavy atom. The molecule has 86 heavy (non-hydrogen) atoms. The lowest BCUT2D eigenvalue weighted by atomic mass is 9.81. The number of guanidine groups is 1. The molecular weight excluding hydrogens is 1150 g/mol. The van der Waals surface area contributed by atoms with Crippen molar-refractivity contribution in [3.05, 3.63) is 119 Å². The first-order valence-corrected chi connectivity index (χ1v) is 31.1. The molecule has 27 heteroatoms. The van der Waals surface area contributed by atoms with E-state index < -0.39 is 104 Å². The third kappa shape index (κ3) is 17.9. The summed E-state index contributed by atoms with van der Waals surface area (Å²) < 4.78 is 70.0. The average molecular weight is 1230 g/mol. The van der Waals surface area contributed by atoms with E-state index in [-0.39, 0.29) is 66.9 Å². The molecule has 1 saturated heterocycles. The van der Waals surface area contributed by atoms with Crippen molar-refractivity contribution in [2.45, 2.75) is 143 Å². The lowest BCUT2D eigenvalue weighted by molar-refractivity contribution is -0.401. The lowest BCUT2D eigenvalue weighted by Gasteiger charge is -2.27. The zero-order valence-electron chi connectivity index (χ0n) is 48.8. The Bertz CT molecular complexity index is 3450. The number of nitrogens with zero attached hydrogens (tertiary/aromatic N) is 3. The van der Waals surface area contributed by atoms with Crippen LogP contribution in [0.25, 0.3) is 0 Å². The predicted octanol–water partition coefficient (Wildman–Crippen LogP) is 2.67. The summed E-state index contributed by atoms with van der Waals surface area (Å²) in [6.07, 6.45) is 11.5. The molecule has 4 atom stereocenters. The van der Waals surface area contributed by atoms with Crippen molar-refractivity contribution in [1.29, 1.82) is 0 Å².